The normalized spacial score (nSPS) is 12.3. The van der Waals surface area contributed by atoms with E-state index in [-0.39, 0.29) is 17.7 Å². The van der Waals surface area contributed by atoms with Crippen molar-refractivity contribution in [1.29, 1.82) is 0 Å². The number of amides is 2. The van der Waals surface area contributed by atoms with Crippen LogP contribution >= 0.6 is 0 Å². The minimum Gasteiger partial charge on any atom is -0.296 e. The molecular weight excluding hydrogens is 214 g/mol. The predicted octanol–water partition coefficient (Wildman–Crippen LogP) is 2.58. The summed E-state index contributed by atoms with van der Waals surface area (Å²) in [6.45, 7) is 7.39. The molecule has 0 aliphatic carbocycles. The maximum atomic E-state index is 11.6. The van der Waals surface area contributed by atoms with Gasteiger partial charge >= 0.3 is 0 Å². The highest BCUT2D eigenvalue weighted by molar-refractivity contribution is 5.97. The molecule has 3 nitrogen and oxygen atoms in total. The lowest BCUT2D eigenvalue weighted by molar-refractivity contribution is -0.129. The van der Waals surface area contributed by atoms with E-state index in [1.807, 2.05) is 24.3 Å². The largest absolute Gasteiger partial charge is 0.296 e. The third-order valence-corrected chi connectivity index (χ3v) is 2.80. The molecule has 0 radical (unpaired) electrons. The number of carbonyl (C=O) groups is 2. The fourth-order valence-electron chi connectivity index (χ4n) is 1.60. The topological polar surface area (TPSA) is 46.2 Å². The molecule has 0 saturated heterocycles. The van der Waals surface area contributed by atoms with Gasteiger partial charge in [-0.2, -0.15) is 0 Å². The van der Waals surface area contributed by atoms with Crippen LogP contribution in [0.2, 0.25) is 0 Å². The number of benzene rings is 1. The van der Waals surface area contributed by atoms with Crippen LogP contribution in [0, 0.1) is 0 Å². The highest BCUT2D eigenvalue weighted by Crippen LogP contribution is 2.19. The van der Waals surface area contributed by atoms with Crippen molar-refractivity contribution < 1.29 is 9.59 Å². The van der Waals surface area contributed by atoms with Crippen LogP contribution in [0.4, 0.5) is 0 Å². The summed E-state index contributed by atoms with van der Waals surface area (Å²) >= 11 is 0. The molecule has 0 fully saturated rings. The van der Waals surface area contributed by atoms with Gasteiger partial charge in [-0.05, 0) is 24.0 Å². The first kappa shape index (κ1) is 13.4. The zero-order valence-electron chi connectivity index (χ0n) is 10.8. The summed E-state index contributed by atoms with van der Waals surface area (Å²) in [7, 11) is 0. The lowest BCUT2D eigenvalue weighted by Crippen LogP contribution is -2.31. The Bertz CT molecular complexity index is 407. The van der Waals surface area contributed by atoms with E-state index in [0.29, 0.717) is 5.92 Å². The third-order valence-electron chi connectivity index (χ3n) is 2.80. The standard InChI is InChI=1S/C14H19NO2/c1-9(2)12-5-7-13(8-6-12)10(3)14(17)15-11(4)16/h5-10H,1-4H3,(H,15,16,17). The van der Waals surface area contributed by atoms with Crippen molar-refractivity contribution in [1.82, 2.24) is 5.32 Å². The van der Waals surface area contributed by atoms with Crippen molar-refractivity contribution in [3.8, 4) is 0 Å². The molecule has 0 aliphatic rings. The molecule has 1 unspecified atom stereocenters. The van der Waals surface area contributed by atoms with Crippen LogP contribution in [0.25, 0.3) is 0 Å². The van der Waals surface area contributed by atoms with Gasteiger partial charge in [0, 0.05) is 6.92 Å². The van der Waals surface area contributed by atoms with E-state index in [1.54, 1.807) is 6.92 Å². The maximum absolute atomic E-state index is 11.6. The van der Waals surface area contributed by atoms with Crippen LogP contribution in [0.15, 0.2) is 24.3 Å². The average molecular weight is 233 g/mol. The van der Waals surface area contributed by atoms with Gasteiger partial charge in [0.05, 0.1) is 5.92 Å². The van der Waals surface area contributed by atoms with Gasteiger partial charge < -0.3 is 0 Å². The molecule has 1 atom stereocenters. The van der Waals surface area contributed by atoms with Crippen molar-refractivity contribution in [3.05, 3.63) is 35.4 Å². The molecule has 0 aromatic heterocycles. The highest BCUT2D eigenvalue weighted by Gasteiger charge is 2.16. The third kappa shape index (κ3) is 3.70. The maximum Gasteiger partial charge on any atom is 0.233 e. The van der Waals surface area contributed by atoms with E-state index in [1.165, 1.54) is 12.5 Å². The minimum atomic E-state index is -0.319. The molecular formula is C14H19NO2. The minimum absolute atomic E-state index is 0.255. The molecule has 92 valence electrons. The Hall–Kier alpha value is -1.64. The van der Waals surface area contributed by atoms with Crippen LogP contribution < -0.4 is 5.32 Å². The van der Waals surface area contributed by atoms with Crippen LogP contribution in [-0.4, -0.2) is 11.8 Å². The predicted molar refractivity (Wildman–Crippen MR) is 67.8 cm³/mol. The number of rotatable bonds is 3. The molecule has 3 heteroatoms. The van der Waals surface area contributed by atoms with E-state index < -0.39 is 0 Å². The Balaban J connectivity index is 2.79. The monoisotopic (exact) mass is 233 g/mol. The zero-order valence-corrected chi connectivity index (χ0v) is 10.8. The Kier molecular flexibility index (Phi) is 4.44. The fraction of sp³-hybridized carbons (Fsp3) is 0.429. The first-order valence-electron chi connectivity index (χ1n) is 5.83. The quantitative estimate of drug-likeness (QED) is 0.872. The molecule has 0 heterocycles. The van der Waals surface area contributed by atoms with Crippen molar-refractivity contribution >= 4 is 11.8 Å². The molecule has 0 aliphatic heterocycles. The summed E-state index contributed by atoms with van der Waals surface area (Å²) in [6, 6.07) is 7.94. The lowest BCUT2D eigenvalue weighted by Gasteiger charge is -2.12. The van der Waals surface area contributed by atoms with E-state index in [4.69, 9.17) is 0 Å². The van der Waals surface area contributed by atoms with Crippen LogP contribution in [0.3, 0.4) is 0 Å². The Morgan fingerprint density at radius 2 is 1.47 bits per heavy atom. The first-order valence-corrected chi connectivity index (χ1v) is 5.83. The van der Waals surface area contributed by atoms with Crippen molar-refractivity contribution in [3.63, 3.8) is 0 Å². The van der Waals surface area contributed by atoms with Gasteiger partial charge in [0.15, 0.2) is 0 Å². The van der Waals surface area contributed by atoms with E-state index in [9.17, 15) is 9.59 Å². The van der Waals surface area contributed by atoms with Crippen molar-refractivity contribution in [2.24, 2.45) is 0 Å². The molecule has 1 aromatic rings. The van der Waals surface area contributed by atoms with Gasteiger partial charge in [0.1, 0.15) is 0 Å². The smallest absolute Gasteiger partial charge is 0.233 e. The van der Waals surface area contributed by atoms with Gasteiger partial charge in [-0.25, -0.2) is 0 Å². The first-order chi connectivity index (χ1) is 7.91. The summed E-state index contributed by atoms with van der Waals surface area (Å²) in [6.07, 6.45) is 0. The zero-order chi connectivity index (χ0) is 13.0. The summed E-state index contributed by atoms with van der Waals surface area (Å²) in [5.74, 6) is -0.402. The van der Waals surface area contributed by atoms with Crippen molar-refractivity contribution in [2.45, 2.75) is 39.5 Å². The van der Waals surface area contributed by atoms with Gasteiger partial charge in [0.25, 0.3) is 0 Å². The number of imide groups is 1. The number of carbonyl (C=O) groups excluding carboxylic acids is 2. The van der Waals surface area contributed by atoms with E-state index >= 15 is 0 Å². The second-order valence-electron chi connectivity index (χ2n) is 4.59. The van der Waals surface area contributed by atoms with Gasteiger partial charge in [-0.3, -0.25) is 14.9 Å². The van der Waals surface area contributed by atoms with Gasteiger partial charge in [-0.1, -0.05) is 38.1 Å². The average Bonchev–Trinajstić information content (AvgIpc) is 2.27. The Morgan fingerprint density at radius 1 is 1.00 bits per heavy atom. The highest BCUT2D eigenvalue weighted by atomic mass is 16.2. The van der Waals surface area contributed by atoms with Crippen LogP contribution in [0.5, 0.6) is 0 Å². The molecule has 1 rings (SSSR count). The molecule has 2 amide bonds. The second-order valence-corrected chi connectivity index (χ2v) is 4.59. The van der Waals surface area contributed by atoms with Gasteiger partial charge in [-0.15, -0.1) is 0 Å². The molecule has 17 heavy (non-hydrogen) atoms. The second kappa shape index (κ2) is 5.62. The summed E-state index contributed by atoms with van der Waals surface area (Å²) in [5.41, 5.74) is 2.17. The van der Waals surface area contributed by atoms with Gasteiger partial charge in [0.2, 0.25) is 11.8 Å². The van der Waals surface area contributed by atoms with Crippen molar-refractivity contribution in [2.75, 3.05) is 0 Å². The molecule has 0 saturated carbocycles. The molecule has 1 N–H and O–H groups in total. The number of nitrogens with one attached hydrogen (secondary N) is 1. The molecule has 0 spiro atoms. The molecule has 0 bridgehead atoms. The van der Waals surface area contributed by atoms with Crippen LogP contribution in [-0.2, 0) is 9.59 Å². The summed E-state index contributed by atoms with van der Waals surface area (Å²) < 4.78 is 0. The summed E-state index contributed by atoms with van der Waals surface area (Å²) in [5, 5.41) is 2.30. The van der Waals surface area contributed by atoms with E-state index in [0.717, 1.165) is 5.56 Å². The number of hydrogen-bond acceptors (Lipinski definition) is 2. The molecule has 1 aromatic carbocycles. The van der Waals surface area contributed by atoms with E-state index in [2.05, 4.69) is 19.2 Å². The lowest BCUT2D eigenvalue weighted by atomic mass is 9.96. The Labute approximate surface area is 102 Å². The summed E-state index contributed by atoms with van der Waals surface area (Å²) in [4.78, 5) is 22.4. The SMILES string of the molecule is CC(=O)NC(=O)C(C)c1ccc(C(C)C)cc1. The number of hydrogen-bond donors (Lipinski definition) is 1. The Morgan fingerprint density at radius 3 is 1.88 bits per heavy atom. The fourth-order valence-corrected chi connectivity index (χ4v) is 1.60. The van der Waals surface area contributed by atoms with Crippen LogP contribution in [0.1, 0.15) is 50.7 Å².